The Morgan fingerprint density at radius 2 is 1.43 bits per heavy atom. The first kappa shape index (κ1) is 18.3. The van der Waals surface area contributed by atoms with Crippen LogP contribution in [0.1, 0.15) is 66.9 Å². The average Bonchev–Trinajstić information content (AvgIpc) is 2.76. The molecule has 2 heteroatoms. The van der Waals surface area contributed by atoms with E-state index in [1.807, 2.05) is 0 Å². The summed E-state index contributed by atoms with van der Waals surface area (Å²) in [6, 6.07) is 9.63. The fourth-order valence-electron chi connectivity index (χ4n) is 3.96. The lowest BCUT2D eigenvalue weighted by atomic mass is 9.72. The number of hydrogen-bond acceptors (Lipinski definition) is 2. The van der Waals surface area contributed by atoms with Crippen LogP contribution in [0.25, 0.3) is 0 Å². The molecule has 2 atom stereocenters. The van der Waals surface area contributed by atoms with Gasteiger partial charge < -0.3 is 4.90 Å². The van der Waals surface area contributed by atoms with Gasteiger partial charge in [-0.3, -0.25) is 4.90 Å². The minimum atomic E-state index is 0.166. The van der Waals surface area contributed by atoms with Crippen molar-refractivity contribution in [2.75, 3.05) is 11.9 Å². The molecule has 2 nitrogen and oxygen atoms in total. The molecule has 0 spiro atoms. The first-order valence-electron chi connectivity index (χ1n) is 8.82. The topological polar surface area (TPSA) is 6.48 Å². The zero-order valence-corrected chi connectivity index (χ0v) is 16.4. The van der Waals surface area contributed by atoms with E-state index in [4.69, 9.17) is 0 Å². The van der Waals surface area contributed by atoms with Gasteiger partial charge in [-0.05, 0) is 35.4 Å². The molecular formula is C21H34N2. The minimum absolute atomic E-state index is 0.166. The molecule has 0 bridgehead atoms. The molecule has 2 radical (unpaired) electrons. The summed E-state index contributed by atoms with van der Waals surface area (Å²) in [6.45, 7) is 22.3. The lowest BCUT2D eigenvalue weighted by molar-refractivity contribution is 0.126. The SMILES string of the molecule is CC(C)c1ccccc1N1[C]N(C)[C@H](C(C)(C)C)[C@H]1C(C)(C)C. The number of para-hydroxylation sites is 1. The standard InChI is InChI=1S/C21H34N2/c1-15(2)16-12-10-11-13-17(16)23-14-22(9)18(20(3,4)5)19(23)21(6,7)8/h10-13,15,18-19H,1-9H3/t18-,19-/m0/s1. The summed E-state index contributed by atoms with van der Waals surface area (Å²) in [7, 11) is 2.17. The monoisotopic (exact) mass is 314 g/mol. The average molecular weight is 315 g/mol. The Hall–Kier alpha value is -1.02. The second-order valence-electron chi connectivity index (χ2n) is 9.42. The van der Waals surface area contributed by atoms with Gasteiger partial charge in [-0.1, -0.05) is 73.6 Å². The summed E-state index contributed by atoms with van der Waals surface area (Å²) < 4.78 is 0. The van der Waals surface area contributed by atoms with Crippen molar-refractivity contribution in [2.45, 2.75) is 73.4 Å². The van der Waals surface area contributed by atoms with E-state index in [1.54, 1.807) is 0 Å². The molecule has 23 heavy (non-hydrogen) atoms. The van der Waals surface area contributed by atoms with Crippen molar-refractivity contribution in [3.05, 3.63) is 36.5 Å². The fourth-order valence-corrected chi connectivity index (χ4v) is 3.96. The molecule has 0 N–H and O–H groups in total. The number of hydrogen-bond donors (Lipinski definition) is 0. The molecule has 128 valence electrons. The molecular weight excluding hydrogens is 280 g/mol. The van der Waals surface area contributed by atoms with Gasteiger partial charge in [0, 0.05) is 11.7 Å². The fraction of sp³-hybridized carbons (Fsp3) is 0.667. The summed E-state index contributed by atoms with van der Waals surface area (Å²) in [5.41, 5.74) is 3.07. The van der Waals surface area contributed by atoms with Crippen LogP contribution in [-0.4, -0.2) is 24.0 Å². The van der Waals surface area contributed by atoms with E-state index in [1.165, 1.54) is 11.3 Å². The molecule has 0 aliphatic carbocycles. The van der Waals surface area contributed by atoms with Crippen molar-refractivity contribution in [1.29, 1.82) is 0 Å². The Kier molecular flexibility index (Phi) is 4.88. The molecule has 1 aromatic rings. The van der Waals surface area contributed by atoms with Gasteiger partial charge >= 0.3 is 0 Å². The first-order valence-corrected chi connectivity index (χ1v) is 8.82. The van der Waals surface area contributed by atoms with Crippen molar-refractivity contribution < 1.29 is 0 Å². The van der Waals surface area contributed by atoms with E-state index in [-0.39, 0.29) is 10.8 Å². The number of rotatable bonds is 2. The molecule has 1 aliphatic rings. The normalized spacial score (nSPS) is 23.8. The Labute approximate surface area is 143 Å². The molecule has 0 unspecified atom stereocenters. The second-order valence-corrected chi connectivity index (χ2v) is 9.42. The molecule has 1 aliphatic heterocycles. The summed E-state index contributed by atoms with van der Waals surface area (Å²) in [5, 5.41) is 0. The van der Waals surface area contributed by atoms with Crippen LogP contribution >= 0.6 is 0 Å². The van der Waals surface area contributed by atoms with Gasteiger partial charge in [-0.25, -0.2) is 0 Å². The maximum atomic E-state index is 3.65. The molecule has 1 fully saturated rings. The highest BCUT2D eigenvalue weighted by molar-refractivity contribution is 5.59. The van der Waals surface area contributed by atoms with Crippen molar-refractivity contribution in [1.82, 2.24) is 4.90 Å². The highest BCUT2D eigenvalue weighted by Gasteiger charge is 2.50. The molecule has 1 heterocycles. The highest BCUT2D eigenvalue weighted by atomic mass is 15.4. The zero-order chi connectivity index (χ0) is 17.6. The molecule has 2 rings (SSSR count). The minimum Gasteiger partial charge on any atom is -0.341 e. The van der Waals surface area contributed by atoms with Crippen LogP contribution in [0.3, 0.4) is 0 Å². The summed E-state index contributed by atoms with van der Waals surface area (Å²) >= 11 is 0. The van der Waals surface area contributed by atoms with Gasteiger partial charge in [0.1, 0.15) is 0 Å². The van der Waals surface area contributed by atoms with Gasteiger partial charge in [0.05, 0.1) is 6.04 Å². The third kappa shape index (κ3) is 3.57. The Morgan fingerprint density at radius 3 is 1.91 bits per heavy atom. The van der Waals surface area contributed by atoms with Crippen molar-refractivity contribution in [3.8, 4) is 0 Å². The predicted octanol–water partition coefficient (Wildman–Crippen LogP) is 5.39. The quantitative estimate of drug-likeness (QED) is 0.722. The largest absolute Gasteiger partial charge is 0.341 e. The van der Waals surface area contributed by atoms with Crippen LogP contribution < -0.4 is 4.90 Å². The number of likely N-dealkylation sites (N-methyl/N-ethyl adjacent to an activating group) is 1. The lowest BCUT2D eigenvalue weighted by Gasteiger charge is -2.44. The van der Waals surface area contributed by atoms with Crippen LogP contribution in [0.4, 0.5) is 5.69 Å². The van der Waals surface area contributed by atoms with Gasteiger partial charge in [0.15, 0.2) is 6.67 Å². The number of anilines is 1. The van der Waals surface area contributed by atoms with Crippen molar-refractivity contribution >= 4 is 5.69 Å². The zero-order valence-electron chi connectivity index (χ0n) is 16.4. The summed E-state index contributed by atoms with van der Waals surface area (Å²) in [5.74, 6) is 0.507. The number of benzene rings is 1. The van der Waals surface area contributed by atoms with Crippen molar-refractivity contribution in [3.63, 3.8) is 0 Å². The summed E-state index contributed by atoms with van der Waals surface area (Å²) in [4.78, 5) is 4.71. The van der Waals surface area contributed by atoms with E-state index < -0.39 is 0 Å². The second kappa shape index (κ2) is 6.12. The Balaban J connectivity index is 2.54. The van der Waals surface area contributed by atoms with E-state index >= 15 is 0 Å². The predicted molar refractivity (Wildman–Crippen MR) is 101 cm³/mol. The third-order valence-electron chi connectivity index (χ3n) is 4.85. The van der Waals surface area contributed by atoms with E-state index in [9.17, 15) is 0 Å². The number of nitrogens with zero attached hydrogens (tertiary/aromatic N) is 2. The van der Waals surface area contributed by atoms with E-state index in [0.717, 1.165) is 0 Å². The maximum absolute atomic E-state index is 3.65. The maximum Gasteiger partial charge on any atom is 0.177 e. The van der Waals surface area contributed by atoms with Crippen LogP contribution in [-0.2, 0) is 0 Å². The van der Waals surface area contributed by atoms with Gasteiger partial charge in [-0.2, -0.15) is 0 Å². The molecule has 0 saturated carbocycles. The molecule has 0 amide bonds. The van der Waals surface area contributed by atoms with Gasteiger partial charge in [0.2, 0.25) is 0 Å². The lowest BCUT2D eigenvalue weighted by Crippen LogP contribution is -2.51. The molecule has 1 aromatic carbocycles. The van der Waals surface area contributed by atoms with Crippen molar-refractivity contribution in [2.24, 2.45) is 10.8 Å². The first-order chi connectivity index (χ1) is 10.4. The van der Waals surface area contributed by atoms with Gasteiger partial charge in [-0.15, -0.1) is 0 Å². The van der Waals surface area contributed by atoms with E-state index in [2.05, 4.69) is 103 Å². The summed E-state index contributed by atoms with van der Waals surface area (Å²) in [6.07, 6.45) is 0. The Morgan fingerprint density at radius 1 is 0.913 bits per heavy atom. The smallest absolute Gasteiger partial charge is 0.177 e. The van der Waals surface area contributed by atoms with Crippen LogP contribution in [0.2, 0.25) is 0 Å². The molecule has 0 aromatic heterocycles. The van der Waals surface area contributed by atoms with E-state index in [0.29, 0.717) is 18.0 Å². The highest BCUT2D eigenvalue weighted by Crippen LogP contribution is 2.46. The van der Waals surface area contributed by atoms with Crippen LogP contribution in [0.5, 0.6) is 0 Å². The molecule has 1 saturated heterocycles. The van der Waals surface area contributed by atoms with Gasteiger partial charge in [0.25, 0.3) is 0 Å². The van der Waals surface area contributed by atoms with Crippen LogP contribution in [0.15, 0.2) is 24.3 Å². The van der Waals surface area contributed by atoms with Crippen LogP contribution in [0, 0.1) is 17.5 Å². The Bertz CT molecular complexity index is 534. The third-order valence-corrected chi connectivity index (χ3v) is 4.85.